The van der Waals surface area contributed by atoms with Gasteiger partial charge in [0.25, 0.3) is 5.56 Å². The zero-order chi connectivity index (χ0) is 12.8. The third kappa shape index (κ3) is 4.10. The van der Waals surface area contributed by atoms with Crippen LogP contribution < -0.4 is 11.2 Å². The van der Waals surface area contributed by atoms with E-state index in [1.807, 2.05) is 13.8 Å². The Morgan fingerprint density at radius 3 is 2.47 bits per heavy atom. The lowest BCUT2D eigenvalue weighted by Gasteiger charge is -2.17. The quantitative estimate of drug-likeness (QED) is 0.785. The molecule has 0 fully saturated rings. The lowest BCUT2D eigenvalue weighted by molar-refractivity contribution is -0.144. The topological polar surface area (TPSA) is 73.3 Å². The van der Waals surface area contributed by atoms with Gasteiger partial charge in [0.05, 0.1) is 11.0 Å². The number of ether oxygens (including phenoxy) is 2. The predicted octanol–water partition coefficient (Wildman–Crippen LogP) is 0.698. The van der Waals surface area contributed by atoms with Crippen molar-refractivity contribution in [2.75, 3.05) is 13.2 Å². The van der Waals surface area contributed by atoms with E-state index < -0.39 is 17.5 Å². The summed E-state index contributed by atoms with van der Waals surface area (Å²) in [5.41, 5.74) is -0.932. The molecule has 0 aliphatic heterocycles. The maximum atomic E-state index is 11.5. The Morgan fingerprint density at radius 1 is 1.35 bits per heavy atom. The first-order valence-corrected chi connectivity index (χ1v) is 6.10. The van der Waals surface area contributed by atoms with E-state index in [4.69, 9.17) is 9.47 Å². The smallest absolute Gasteiger partial charge is 0.328 e. The molecule has 0 amide bonds. The normalized spacial score (nSPS) is 11.1. The number of aromatic amines is 1. The van der Waals surface area contributed by atoms with Gasteiger partial charge < -0.3 is 9.47 Å². The van der Waals surface area contributed by atoms with Crippen molar-refractivity contribution in [2.45, 2.75) is 26.7 Å². The monoisotopic (exact) mass is 306 g/mol. The Balaban J connectivity index is 2.89. The SMILES string of the molecule is CCOC(Cn1cc(Br)c(=O)[nH]c1=O)OCC. The van der Waals surface area contributed by atoms with E-state index in [0.717, 1.165) is 0 Å². The maximum absolute atomic E-state index is 11.5. The highest BCUT2D eigenvalue weighted by molar-refractivity contribution is 9.10. The average Bonchev–Trinajstić information content (AvgIpc) is 2.26. The summed E-state index contributed by atoms with van der Waals surface area (Å²) in [5.74, 6) is 0. The third-order valence-electron chi connectivity index (χ3n) is 2.02. The van der Waals surface area contributed by atoms with Gasteiger partial charge in [0.15, 0.2) is 6.29 Å². The van der Waals surface area contributed by atoms with Crippen LogP contribution in [0.2, 0.25) is 0 Å². The molecular formula is C10H15BrN2O4. The summed E-state index contributed by atoms with van der Waals surface area (Å²) in [7, 11) is 0. The molecule has 96 valence electrons. The second-order valence-electron chi connectivity index (χ2n) is 3.23. The van der Waals surface area contributed by atoms with Crippen molar-refractivity contribution in [3.05, 3.63) is 31.5 Å². The first kappa shape index (κ1) is 14.1. The molecule has 0 saturated carbocycles. The molecule has 1 aromatic heterocycles. The van der Waals surface area contributed by atoms with Crippen LogP contribution in [0.3, 0.4) is 0 Å². The van der Waals surface area contributed by atoms with Crippen LogP contribution in [0.25, 0.3) is 0 Å². The molecule has 0 spiro atoms. The number of nitrogens with one attached hydrogen (secondary N) is 1. The number of nitrogens with zero attached hydrogens (tertiary/aromatic N) is 1. The summed E-state index contributed by atoms with van der Waals surface area (Å²) in [6, 6.07) is 0. The zero-order valence-corrected chi connectivity index (χ0v) is 11.3. The van der Waals surface area contributed by atoms with E-state index in [-0.39, 0.29) is 6.54 Å². The van der Waals surface area contributed by atoms with Crippen LogP contribution >= 0.6 is 15.9 Å². The minimum absolute atomic E-state index is 0.232. The van der Waals surface area contributed by atoms with Crippen molar-refractivity contribution in [2.24, 2.45) is 0 Å². The number of H-pyrrole nitrogens is 1. The fourth-order valence-corrected chi connectivity index (χ4v) is 1.65. The van der Waals surface area contributed by atoms with E-state index in [2.05, 4.69) is 20.9 Å². The maximum Gasteiger partial charge on any atom is 0.328 e. The highest BCUT2D eigenvalue weighted by atomic mass is 79.9. The summed E-state index contributed by atoms with van der Waals surface area (Å²) in [6.07, 6.45) is 0.923. The van der Waals surface area contributed by atoms with Gasteiger partial charge in [0.2, 0.25) is 0 Å². The van der Waals surface area contributed by atoms with Gasteiger partial charge in [-0.2, -0.15) is 0 Å². The Hall–Kier alpha value is -0.920. The summed E-state index contributed by atoms with van der Waals surface area (Å²) >= 11 is 3.06. The van der Waals surface area contributed by atoms with Crippen LogP contribution in [-0.2, 0) is 16.0 Å². The Labute approximate surface area is 107 Å². The molecule has 17 heavy (non-hydrogen) atoms. The van der Waals surface area contributed by atoms with Gasteiger partial charge in [-0.3, -0.25) is 14.3 Å². The molecule has 0 bridgehead atoms. The molecule has 0 saturated heterocycles. The van der Waals surface area contributed by atoms with Crippen molar-refractivity contribution >= 4 is 15.9 Å². The molecule has 0 aromatic carbocycles. The van der Waals surface area contributed by atoms with Gasteiger partial charge in [-0.15, -0.1) is 0 Å². The fourth-order valence-electron chi connectivity index (χ4n) is 1.30. The molecule has 6 nitrogen and oxygen atoms in total. The molecule has 0 aliphatic rings. The number of aromatic nitrogens is 2. The molecular weight excluding hydrogens is 292 g/mol. The molecule has 0 aliphatic carbocycles. The van der Waals surface area contributed by atoms with E-state index in [9.17, 15) is 9.59 Å². The van der Waals surface area contributed by atoms with Gasteiger partial charge in [0.1, 0.15) is 0 Å². The average molecular weight is 307 g/mol. The van der Waals surface area contributed by atoms with Gasteiger partial charge in [-0.1, -0.05) is 0 Å². The van der Waals surface area contributed by atoms with Crippen molar-refractivity contribution in [1.29, 1.82) is 0 Å². The standard InChI is InChI=1S/C10H15BrN2O4/c1-3-16-8(17-4-2)6-13-5-7(11)9(14)12-10(13)15/h5,8H,3-4,6H2,1-2H3,(H,12,14,15). The minimum Gasteiger partial charge on any atom is -0.351 e. The Bertz CT molecular complexity index is 462. The molecule has 0 radical (unpaired) electrons. The number of rotatable bonds is 6. The number of hydrogen-bond acceptors (Lipinski definition) is 4. The van der Waals surface area contributed by atoms with Crippen LogP contribution in [0.5, 0.6) is 0 Å². The predicted molar refractivity (Wildman–Crippen MR) is 66.1 cm³/mol. The first-order chi connectivity index (χ1) is 8.08. The molecule has 7 heteroatoms. The molecule has 1 rings (SSSR count). The first-order valence-electron chi connectivity index (χ1n) is 5.31. The van der Waals surface area contributed by atoms with Crippen molar-refractivity contribution in [3.8, 4) is 0 Å². The summed E-state index contributed by atoms with van der Waals surface area (Å²) < 4.78 is 12.3. The van der Waals surface area contributed by atoms with E-state index in [0.29, 0.717) is 17.7 Å². The van der Waals surface area contributed by atoms with Crippen molar-refractivity contribution < 1.29 is 9.47 Å². The lowest BCUT2D eigenvalue weighted by Crippen LogP contribution is -2.35. The highest BCUT2D eigenvalue weighted by Crippen LogP contribution is 2.02. The van der Waals surface area contributed by atoms with Crippen LogP contribution in [0.1, 0.15) is 13.8 Å². The molecule has 0 unspecified atom stereocenters. The van der Waals surface area contributed by atoms with E-state index >= 15 is 0 Å². The van der Waals surface area contributed by atoms with Gasteiger partial charge in [-0.05, 0) is 29.8 Å². The van der Waals surface area contributed by atoms with E-state index in [1.165, 1.54) is 10.8 Å². The highest BCUT2D eigenvalue weighted by Gasteiger charge is 2.11. The zero-order valence-electron chi connectivity index (χ0n) is 9.73. The van der Waals surface area contributed by atoms with Crippen LogP contribution in [0.15, 0.2) is 20.3 Å². The van der Waals surface area contributed by atoms with Crippen LogP contribution in [0, 0.1) is 0 Å². The van der Waals surface area contributed by atoms with E-state index in [1.54, 1.807) is 0 Å². The second-order valence-corrected chi connectivity index (χ2v) is 4.08. The van der Waals surface area contributed by atoms with Crippen LogP contribution in [0.4, 0.5) is 0 Å². The summed E-state index contributed by atoms with van der Waals surface area (Å²) in [6.45, 7) is 4.90. The summed E-state index contributed by atoms with van der Waals surface area (Å²) in [5, 5.41) is 0. The van der Waals surface area contributed by atoms with Gasteiger partial charge in [-0.25, -0.2) is 4.79 Å². The number of halogens is 1. The summed E-state index contributed by atoms with van der Waals surface area (Å²) in [4.78, 5) is 24.9. The van der Waals surface area contributed by atoms with Crippen molar-refractivity contribution in [3.63, 3.8) is 0 Å². The van der Waals surface area contributed by atoms with Gasteiger partial charge >= 0.3 is 5.69 Å². The minimum atomic E-state index is -0.500. The van der Waals surface area contributed by atoms with Gasteiger partial charge in [0, 0.05) is 19.4 Å². The largest absolute Gasteiger partial charge is 0.351 e. The molecule has 1 heterocycles. The fraction of sp³-hybridized carbons (Fsp3) is 0.600. The number of hydrogen-bond donors (Lipinski definition) is 1. The Kier molecular flexibility index (Phi) is 5.60. The molecule has 1 N–H and O–H groups in total. The lowest BCUT2D eigenvalue weighted by atomic mass is 10.5. The molecule has 0 atom stereocenters. The Morgan fingerprint density at radius 2 is 1.94 bits per heavy atom. The molecule has 1 aromatic rings. The van der Waals surface area contributed by atoms with Crippen LogP contribution in [-0.4, -0.2) is 29.1 Å². The second kappa shape index (κ2) is 6.73. The third-order valence-corrected chi connectivity index (χ3v) is 2.58. The van der Waals surface area contributed by atoms with Crippen molar-refractivity contribution in [1.82, 2.24) is 9.55 Å².